The van der Waals surface area contributed by atoms with Crippen LogP contribution in [0, 0.1) is 0 Å². The Hall–Kier alpha value is -2.00. The molecule has 0 saturated heterocycles. The average molecular weight is 431 g/mol. The van der Waals surface area contributed by atoms with Gasteiger partial charge in [0.05, 0.1) is 26.2 Å². The summed E-state index contributed by atoms with van der Waals surface area (Å²) in [5, 5.41) is 2.99. The quantitative estimate of drug-likeness (QED) is 0.804. The molecule has 0 saturated carbocycles. The lowest BCUT2D eigenvalue weighted by molar-refractivity contribution is 0.102. The number of rotatable bonds is 4. The third-order valence-corrected chi connectivity index (χ3v) is 6.29. The fraction of sp³-hybridized carbons (Fsp3) is 0.235. The number of sulfonamides is 1. The molecule has 1 N–H and O–H groups in total. The molecule has 3 rings (SSSR count). The minimum Gasteiger partial charge on any atom is -0.486 e. The smallest absolute Gasteiger partial charge is 0.257 e. The zero-order valence-corrected chi connectivity index (χ0v) is 16.8. The van der Waals surface area contributed by atoms with E-state index in [4.69, 9.17) is 32.7 Å². The van der Waals surface area contributed by atoms with Gasteiger partial charge in [0.2, 0.25) is 10.0 Å². The molecule has 0 aliphatic carbocycles. The lowest BCUT2D eigenvalue weighted by Gasteiger charge is -2.20. The molecule has 0 aromatic heterocycles. The molecule has 0 atom stereocenters. The van der Waals surface area contributed by atoms with Crippen molar-refractivity contribution in [2.45, 2.75) is 4.90 Å². The van der Waals surface area contributed by atoms with Crippen molar-refractivity contribution in [2.24, 2.45) is 0 Å². The molecule has 1 aliphatic rings. The number of ether oxygens (including phenoxy) is 2. The molecular formula is C17H16Cl2N2O5S. The van der Waals surface area contributed by atoms with Gasteiger partial charge in [-0.1, -0.05) is 23.2 Å². The van der Waals surface area contributed by atoms with Crippen LogP contribution in [0.4, 0.5) is 5.69 Å². The van der Waals surface area contributed by atoms with Crippen molar-refractivity contribution in [3.8, 4) is 11.5 Å². The van der Waals surface area contributed by atoms with Crippen LogP contribution in [0.1, 0.15) is 10.4 Å². The van der Waals surface area contributed by atoms with Crippen molar-refractivity contribution in [1.82, 2.24) is 4.31 Å². The molecule has 0 bridgehead atoms. The normalized spacial score (nSPS) is 13.5. The summed E-state index contributed by atoms with van der Waals surface area (Å²) in [6, 6.07) is 7.01. The third kappa shape index (κ3) is 3.98. The topological polar surface area (TPSA) is 84.9 Å². The predicted molar refractivity (Wildman–Crippen MR) is 103 cm³/mol. The second-order valence-corrected chi connectivity index (χ2v) is 8.83. The highest BCUT2D eigenvalue weighted by atomic mass is 35.5. The number of benzene rings is 2. The molecule has 2 aromatic rings. The Labute approximate surface area is 166 Å². The first-order chi connectivity index (χ1) is 12.7. The first-order valence-electron chi connectivity index (χ1n) is 7.82. The fourth-order valence-corrected chi connectivity index (χ4v) is 3.73. The van der Waals surface area contributed by atoms with Gasteiger partial charge in [-0.2, -0.15) is 0 Å². The monoisotopic (exact) mass is 430 g/mol. The van der Waals surface area contributed by atoms with Crippen molar-refractivity contribution in [3.63, 3.8) is 0 Å². The van der Waals surface area contributed by atoms with Crippen molar-refractivity contribution >= 4 is 44.8 Å². The van der Waals surface area contributed by atoms with Crippen LogP contribution in [0.2, 0.25) is 10.0 Å². The van der Waals surface area contributed by atoms with Gasteiger partial charge < -0.3 is 14.8 Å². The van der Waals surface area contributed by atoms with E-state index in [1.54, 1.807) is 12.1 Å². The molecule has 2 aromatic carbocycles. The highest BCUT2D eigenvalue weighted by molar-refractivity contribution is 7.89. The molecule has 0 unspecified atom stereocenters. The van der Waals surface area contributed by atoms with Gasteiger partial charge in [0, 0.05) is 26.2 Å². The van der Waals surface area contributed by atoms with Crippen LogP contribution in [0.3, 0.4) is 0 Å². The van der Waals surface area contributed by atoms with Crippen LogP contribution in [0.25, 0.3) is 0 Å². The average Bonchev–Trinajstić information content (AvgIpc) is 2.62. The van der Waals surface area contributed by atoms with E-state index in [-0.39, 0.29) is 20.5 Å². The maximum Gasteiger partial charge on any atom is 0.257 e. The van der Waals surface area contributed by atoms with Gasteiger partial charge >= 0.3 is 0 Å². The number of carbonyl (C=O) groups is 1. The summed E-state index contributed by atoms with van der Waals surface area (Å²) in [6.07, 6.45) is 0. The number of hydrogen-bond acceptors (Lipinski definition) is 5. The molecule has 7 nitrogen and oxygen atoms in total. The van der Waals surface area contributed by atoms with Gasteiger partial charge in [0.1, 0.15) is 13.2 Å². The predicted octanol–water partition coefficient (Wildman–Crippen LogP) is 3.27. The SMILES string of the molecule is CN(C)S(=O)(=O)c1ccc(Cl)c(C(=O)Nc2cc3c(cc2Cl)OCCO3)c1. The van der Waals surface area contributed by atoms with Crippen molar-refractivity contribution in [1.29, 1.82) is 0 Å². The molecule has 144 valence electrons. The van der Waals surface area contributed by atoms with E-state index in [2.05, 4.69) is 5.32 Å². The first-order valence-corrected chi connectivity index (χ1v) is 10.0. The van der Waals surface area contributed by atoms with Crippen LogP contribution in [-0.4, -0.2) is 45.9 Å². The Kier molecular flexibility index (Phi) is 5.53. The van der Waals surface area contributed by atoms with E-state index in [0.29, 0.717) is 30.4 Å². The lowest BCUT2D eigenvalue weighted by Crippen LogP contribution is -2.23. The van der Waals surface area contributed by atoms with Crippen molar-refractivity contribution < 1.29 is 22.7 Å². The maximum absolute atomic E-state index is 12.7. The lowest BCUT2D eigenvalue weighted by atomic mass is 10.2. The summed E-state index contributed by atoms with van der Waals surface area (Å²) in [6.45, 7) is 0.802. The number of nitrogens with one attached hydrogen (secondary N) is 1. The molecule has 0 radical (unpaired) electrons. The molecular weight excluding hydrogens is 415 g/mol. The van der Waals surface area contributed by atoms with Gasteiger partial charge in [-0.25, -0.2) is 12.7 Å². The summed E-state index contributed by atoms with van der Waals surface area (Å²) in [5.74, 6) is 0.340. The van der Waals surface area contributed by atoms with Crippen molar-refractivity contribution in [3.05, 3.63) is 45.9 Å². The van der Waals surface area contributed by atoms with Gasteiger partial charge in [-0.15, -0.1) is 0 Å². The van der Waals surface area contributed by atoms with Crippen LogP contribution >= 0.6 is 23.2 Å². The zero-order valence-electron chi connectivity index (χ0n) is 14.5. The minimum atomic E-state index is -3.71. The molecule has 1 amide bonds. The summed E-state index contributed by atoms with van der Waals surface area (Å²) < 4.78 is 36.5. The largest absolute Gasteiger partial charge is 0.486 e. The second kappa shape index (κ2) is 7.55. The van der Waals surface area contributed by atoms with E-state index >= 15 is 0 Å². The van der Waals surface area contributed by atoms with Crippen LogP contribution < -0.4 is 14.8 Å². The third-order valence-electron chi connectivity index (χ3n) is 3.84. The first kappa shape index (κ1) is 19.8. The van der Waals surface area contributed by atoms with E-state index in [9.17, 15) is 13.2 Å². The minimum absolute atomic E-state index is 0.00514. The molecule has 27 heavy (non-hydrogen) atoms. The van der Waals surface area contributed by atoms with Gasteiger partial charge in [-0.05, 0) is 18.2 Å². The van der Waals surface area contributed by atoms with E-state index < -0.39 is 15.9 Å². The molecule has 1 aliphatic heterocycles. The van der Waals surface area contributed by atoms with E-state index in [0.717, 1.165) is 4.31 Å². The Bertz CT molecular complexity index is 1010. The number of fused-ring (bicyclic) bond motifs is 1. The Morgan fingerprint density at radius 1 is 1.04 bits per heavy atom. The Morgan fingerprint density at radius 2 is 1.67 bits per heavy atom. The zero-order chi connectivity index (χ0) is 19.8. The Morgan fingerprint density at radius 3 is 2.30 bits per heavy atom. The number of amides is 1. The van der Waals surface area contributed by atoms with E-state index in [1.165, 1.54) is 32.3 Å². The maximum atomic E-state index is 12.7. The summed E-state index contributed by atoms with van der Waals surface area (Å²) in [4.78, 5) is 12.6. The van der Waals surface area contributed by atoms with Crippen LogP contribution in [-0.2, 0) is 10.0 Å². The fourth-order valence-electron chi connectivity index (χ4n) is 2.40. The number of anilines is 1. The number of halogens is 2. The summed E-state index contributed by atoms with van der Waals surface area (Å²) in [5.41, 5.74) is 0.299. The highest BCUT2D eigenvalue weighted by Gasteiger charge is 2.22. The number of carbonyl (C=O) groups excluding carboxylic acids is 1. The van der Waals surface area contributed by atoms with Crippen LogP contribution in [0.5, 0.6) is 11.5 Å². The molecule has 0 fully saturated rings. The highest BCUT2D eigenvalue weighted by Crippen LogP contribution is 2.38. The molecule has 10 heteroatoms. The Balaban J connectivity index is 1.93. The van der Waals surface area contributed by atoms with E-state index in [1.807, 2.05) is 0 Å². The van der Waals surface area contributed by atoms with Gasteiger partial charge in [0.15, 0.2) is 11.5 Å². The molecule has 1 heterocycles. The number of hydrogen-bond donors (Lipinski definition) is 1. The molecule has 0 spiro atoms. The number of nitrogens with zero attached hydrogens (tertiary/aromatic N) is 1. The van der Waals surface area contributed by atoms with Gasteiger partial charge in [0.25, 0.3) is 5.91 Å². The van der Waals surface area contributed by atoms with Crippen molar-refractivity contribution in [2.75, 3.05) is 32.6 Å². The second-order valence-electron chi connectivity index (χ2n) is 5.86. The summed E-state index contributed by atoms with van der Waals surface area (Å²) in [7, 11) is -0.908. The van der Waals surface area contributed by atoms with Gasteiger partial charge in [-0.3, -0.25) is 4.79 Å². The summed E-state index contributed by atoms with van der Waals surface area (Å²) >= 11 is 12.3. The standard InChI is InChI=1S/C17H16Cl2N2O5S/c1-21(2)27(23,24)10-3-4-12(18)11(7-10)17(22)20-14-9-16-15(8-13(14)19)25-5-6-26-16/h3-4,7-9H,5-6H2,1-2H3,(H,20,22). The van der Waals surface area contributed by atoms with Crippen LogP contribution in [0.15, 0.2) is 35.2 Å².